The van der Waals surface area contributed by atoms with Gasteiger partial charge in [0, 0.05) is 31.4 Å². The van der Waals surface area contributed by atoms with Crippen molar-refractivity contribution in [2.75, 3.05) is 38.5 Å². The molecular weight excluding hydrogens is 257 g/mol. The van der Waals surface area contributed by atoms with Crippen LogP contribution in [-0.2, 0) is 6.42 Å². The molecule has 0 fully saturated rings. The number of benzene rings is 1. The summed E-state index contributed by atoms with van der Waals surface area (Å²) >= 11 is 11.5. The van der Waals surface area contributed by atoms with E-state index >= 15 is 0 Å². The Hall–Kier alpha value is -0.440. The van der Waals surface area contributed by atoms with Crippen LogP contribution in [0.2, 0.25) is 0 Å². The maximum Gasteiger partial charge on any atom is 0.118 e. The highest BCUT2D eigenvalue weighted by Gasteiger charge is 2.03. The lowest BCUT2D eigenvalue weighted by Crippen LogP contribution is -2.30. The van der Waals surface area contributed by atoms with E-state index in [4.69, 9.17) is 27.9 Å². The molecule has 1 aromatic rings. The van der Waals surface area contributed by atoms with Gasteiger partial charge in [0.25, 0.3) is 0 Å². The standard InChI is InChI=1S/C13H19Cl2NO/c1-17-13-4-2-12(3-5-13)6-9-16(10-7-14)11-8-15/h2-5H,6-11H2,1H3. The molecule has 0 unspecified atom stereocenters. The molecule has 0 saturated heterocycles. The molecule has 0 saturated carbocycles. The number of ether oxygens (including phenoxy) is 1. The minimum atomic E-state index is 0.652. The van der Waals surface area contributed by atoms with Gasteiger partial charge in [0.15, 0.2) is 0 Å². The quantitative estimate of drug-likeness (QED) is 0.677. The summed E-state index contributed by atoms with van der Waals surface area (Å²) in [5, 5.41) is 0. The molecule has 0 N–H and O–H groups in total. The molecule has 0 radical (unpaired) electrons. The van der Waals surface area contributed by atoms with Gasteiger partial charge in [-0.05, 0) is 24.1 Å². The Bertz CT molecular complexity index is 297. The number of rotatable bonds is 8. The maximum absolute atomic E-state index is 5.75. The van der Waals surface area contributed by atoms with E-state index in [1.165, 1.54) is 5.56 Å². The zero-order chi connectivity index (χ0) is 12.5. The Morgan fingerprint density at radius 2 is 1.59 bits per heavy atom. The number of nitrogens with zero attached hydrogens (tertiary/aromatic N) is 1. The van der Waals surface area contributed by atoms with Crippen molar-refractivity contribution in [2.45, 2.75) is 6.42 Å². The molecule has 0 atom stereocenters. The molecule has 17 heavy (non-hydrogen) atoms. The highest BCUT2D eigenvalue weighted by Crippen LogP contribution is 2.12. The van der Waals surface area contributed by atoms with Crippen molar-refractivity contribution in [3.63, 3.8) is 0 Å². The second kappa shape index (κ2) is 8.62. The van der Waals surface area contributed by atoms with Crippen LogP contribution in [-0.4, -0.2) is 43.4 Å². The summed E-state index contributed by atoms with van der Waals surface area (Å²) in [6.07, 6.45) is 1.01. The van der Waals surface area contributed by atoms with Crippen LogP contribution in [0.4, 0.5) is 0 Å². The molecular formula is C13H19Cl2NO. The van der Waals surface area contributed by atoms with E-state index in [-0.39, 0.29) is 0 Å². The van der Waals surface area contributed by atoms with Crippen LogP contribution in [0.3, 0.4) is 0 Å². The van der Waals surface area contributed by atoms with Crippen molar-refractivity contribution in [2.24, 2.45) is 0 Å². The Kier molecular flexibility index (Phi) is 7.41. The van der Waals surface area contributed by atoms with Gasteiger partial charge in [0.1, 0.15) is 5.75 Å². The molecule has 0 aliphatic carbocycles. The monoisotopic (exact) mass is 275 g/mol. The molecule has 0 aromatic heterocycles. The van der Waals surface area contributed by atoms with Crippen molar-refractivity contribution >= 4 is 23.2 Å². The lowest BCUT2D eigenvalue weighted by atomic mass is 10.1. The molecule has 1 aromatic carbocycles. The highest BCUT2D eigenvalue weighted by molar-refractivity contribution is 6.18. The van der Waals surface area contributed by atoms with Crippen LogP contribution in [0.1, 0.15) is 5.56 Å². The van der Waals surface area contributed by atoms with E-state index in [1.54, 1.807) is 7.11 Å². The Balaban J connectivity index is 2.41. The number of alkyl halides is 2. The average Bonchev–Trinajstić information content (AvgIpc) is 2.37. The Labute approximate surface area is 113 Å². The maximum atomic E-state index is 5.75. The Morgan fingerprint density at radius 3 is 2.06 bits per heavy atom. The first-order chi connectivity index (χ1) is 8.30. The molecule has 0 aliphatic rings. The second-order valence-electron chi connectivity index (χ2n) is 3.82. The Morgan fingerprint density at radius 1 is 1.00 bits per heavy atom. The van der Waals surface area contributed by atoms with Crippen LogP contribution in [0.15, 0.2) is 24.3 Å². The van der Waals surface area contributed by atoms with Gasteiger partial charge in [-0.1, -0.05) is 12.1 Å². The molecule has 0 aliphatic heterocycles. The zero-order valence-electron chi connectivity index (χ0n) is 10.2. The third-order valence-electron chi connectivity index (χ3n) is 2.68. The second-order valence-corrected chi connectivity index (χ2v) is 4.57. The van der Waals surface area contributed by atoms with Gasteiger partial charge in [-0.15, -0.1) is 23.2 Å². The summed E-state index contributed by atoms with van der Waals surface area (Å²) in [6, 6.07) is 8.17. The third kappa shape index (κ3) is 5.62. The van der Waals surface area contributed by atoms with Gasteiger partial charge in [0.2, 0.25) is 0 Å². The predicted octanol–water partition coefficient (Wildman–Crippen LogP) is 3.02. The molecule has 4 heteroatoms. The van der Waals surface area contributed by atoms with Crippen LogP contribution < -0.4 is 4.74 Å². The van der Waals surface area contributed by atoms with Crippen molar-refractivity contribution in [1.82, 2.24) is 4.90 Å². The lowest BCUT2D eigenvalue weighted by molar-refractivity contribution is 0.311. The average molecular weight is 276 g/mol. The number of halogens is 2. The van der Waals surface area contributed by atoms with E-state index in [1.807, 2.05) is 12.1 Å². The summed E-state index contributed by atoms with van der Waals surface area (Å²) in [5.74, 6) is 2.20. The van der Waals surface area contributed by atoms with Crippen molar-refractivity contribution in [1.29, 1.82) is 0 Å². The molecule has 2 nitrogen and oxygen atoms in total. The molecule has 96 valence electrons. The molecule has 0 spiro atoms. The van der Waals surface area contributed by atoms with Crippen molar-refractivity contribution in [3.8, 4) is 5.75 Å². The van der Waals surface area contributed by atoms with Crippen LogP contribution in [0.5, 0.6) is 5.75 Å². The molecule has 0 heterocycles. The van der Waals surface area contributed by atoms with E-state index in [9.17, 15) is 0 Å². The van der Waals surface area contributed by atoms with Gasteiger partial charge in [0.05, 0.1) is 7.11 Å². The van der Waals surface area contributed by atoms with Crippen LogP contribution in [0.25, 0.3) is 0 Å². The van der Waals surface area contributed by atoms with Crippen molar-refractivity contribution < 1.29 is 4.74 Å². The first-order valence-corrected chi connectivity index (χ1v) is 6.84. The fourth-order valence-electron chi connectivity index (χ4n) is 1.65. The van der Waals surface area contributed by atoms with Crippen LogP contribution in [0, 0.1) is 0 Å². The topological polar surface area (TPSA) is 12.5 Å². The lowest BCUT2D eigenvalue weighted by Gasteiger charge is -2.19. The van der Waals surface area contributed by atoms with Crippen LogP contribution >= 0.6 is 23.2 Å². The molecule has 0 bridgehead atoms. The number of methoxy groups -OCH3 is 1. The number of hydrogen-bond acceptors (Lipinski definition) is 2. The summed E-state index contributed by atoms with van der Waals surface area (Å²) < 4.78 is 5.13. The van der Waals surface area contributed by atoms with Crippen molar-refractivity contribution in [3.05, 3.63) is 29.8 Å². The third-order valence-corrected chi connectivity index (χ3v) is 3.02. The summed E-state index contributed by atoms with van der Waals surface area (Å²) in [4.78, 5) is 2.28. The predicted molar refractivity (Wildman–Crippen MR) is 74.6 cm³/mol. The van der Waals surface area contributed by atoms with Gasteiger partial charge in [-0.25, -0.2) is 0 Å². The minimum Gasteiger partial charge on any atom is -0.497 e. The first kappa shape index (κ1) is 14.6. The fraction of sp³-hybridized carbons (Fsp3) is 0.538. The van der Waals surface area contributed by atoms with E-state index in [0.717, 1.165) is 31.8 Å². The van der Waals surface area contributed by atoms with Gasteiger partial charge in [-0.2, -0.15) is 0 Å². The largest absolute Gasteiger partial charge is 0.497 e. The van der Waals surface area contributed by atoms with Gasteiger partial charge < -0.3 is 9.64 Å². The smallest absolute Gasteiger partial charge is 0.118 e. The minimum absolute atomic E-state index is 0.652. The van der Waals surface area contributed by atoms with E-state index in [0.29, 0.717) is 11.8 Å². The number of hydrogen-bond donors (Lipinski definition) is 0. The zero-order valence-corrected chi connectivity index (χ0v) is 11.7. The summed E-state index contributed by atoms with van der Waals surface area (Å²) in [7, 11) is 1.68. The fourth-order valence-corrected chi connectivity index (χ4v) is 2.13. The van der Waals surface area contributed by atoms with E-state index in [2.05, 4.69) is 17.0 Å². The SMILES string of the molecule is COc1ccc(CCN(CCCl)CCCl)cc1. The van der Waals surface area contributed by atoms with Gasteiger partial charge in [-0.3, -0.25) is 0 Å². The van der Waals surface area contributed by atoms with Gasteiger partial charge >= 0.3 is 0 Å². The highest BCUT2D eigenvalue weighted by atomic mass is 35.5. The first-order valence-electron chi connectivity index (χ1n) is 5.77. The summed E-state index contributed by atoms with van der Waals surface area (Å²) in [5.41, 5.74) is 1.31. The molecule has 0 amide bonds. The van der Waals surface area contributed by atoms with E-state index < -0.39 is 0 Å². The summed E-state index contributed by atoms with van der Waals surface area (Å²) in [6.45, 7) is 2.78. The molecule has 1 rings (SSSR count). The normalized spacial score (nSPS) is 10.8.